The van der Waals surface area contributed by atoms with Crippen LogP contribution in [0.25, 0.3) is 0 Å². The summed E-state index contributed by atoms with van der Waals surface area (Å²) >= 11 is 0. The van der Waals surface area contributed by atoms with Gasteiger partial charge in [0.2, 0.25) is 0 Å². The zero-order valence-corrected chi connectivity index (χ0v) is 20.7. The number of rotatable bonds is 9. The number of ether oxygens (including phenoxy) is 1. The highest BCUT2D eigenvalue weighted by atomic mass is 127. The third kappa shape index (κ3) is 7.86. The standard InChI is InChI=1S/C23H30N6O.HI/c1-4-25-23(27-14-21-10-9-18(3)11-22(21)30-5-2)26-13-19-7-6-8-20(12-19)15-29-17-24-16-28-29;/h6-12,16-17H,4-5,13-15H2,1-3H3,(H2,25,26,27);1H. The number of halogens is 1. The van der Waals surface area contributed by atoms with Gasteiger partial charge in [0, 0.05) is 18.7 Å². The van der Waals surface area contributed by atoms with Crippen LogP contribution in [-0.4, -0.2) is 33.9 Å². The summed E-state index contributed by atoms with van der Waals surface area (Å²) < 4.78 is 7.59. The van der Waals surface area contributed by atoms with Crippen molar-refractivity contribution < 1.29 is 4.74 Å². The molecule has 0 aliphatic heterocycles. The number of hydrogen-bond acceptors (Lipinski definition) is 4. The van der Waals surface area contributed by atoms with Gasteiger partial charge in [-0.1, -0.05) is 36.4 Å². The maximum Gasteiger partial charge on any atom is 0.191 e. The number of guanidine groups is 1. The van der Waals surface area contributed by atoms with Gasteiger partial charge in [0.25, 0.3) is 0 Å². The maximum absolute atomic E-state index is 5.78. The number of aryl methyl sites for hydroxylation is 1. The molecule has 8 heteroatoms. The van der Waals surface area contributed by atoms with Gasteiger partial charge in [-0.15, -0.1) is 24.0 Å². The molecule has 0 aliphatic carbocycles. The first-order valence-electron chi connectivity index (χ1n) is 10.3. The van der Waals surface area contributed by atoms with Gasteiger partial charge in [-0.2, -0.15) is 5.10 Å². The fraction of sp³-hybridized carbons (Fsp3) is 0.348. The molecule has 0 saturated carbocycles. The van der Waals surface area contributed by atoms with Crippen molar-refractivity contribution in [2.75, 3.05) is 13.2 Å². The van der Waals surface area contributed by atoms with Gasteiger partial charge in [-0.05, 0) is 43.5 Å². The molecule has 0 fully saturated rings. The average Bonchev–Trinajstić information content (AvgIpc) is 3.25. The summed E-state index contributed by atoms with van der Waals surface area (Å²) in [5.74, 6) is 1.70. The Labute approximate surface area is 201 Å². The average molecular weight is 534 g/mol. The molecule has 7 nitrogen and oxygen atoms in total. The van der Waals surface area contributed by atoms with E-state index in [1.807, 2.05) is 11.6 Å². The van der Waals surface area contributed by atoms with Crippen molar-refractivity contribution in [2.24, 2.45) is 4.99 Å². The summed E-state index contributed by atoms with van der Waals surface area (Å²) in [4.78, 5) is 8.74. The van der Waals surface area contributed by atoms with Crippen molar-refractivity contribution in [3.05, 3.63) is 77.4 Å². The number of aliphatic imine (C=N–C) groups is 1. The molecule has 0 spiro atoms. The zero-order valence-electron chi connectivity index (χ0n) is 18.3. The fourth-order valence-electron chi connectivity index (χ4n) is 3.12. The molecule has 3 aromatic rings. The van der Waals surface area contributed by atoms with Gasteiger partial charge >= 0.3 is 0 Å². The van der Waals surface area contributed by atoms with Crippen LogP contribution in [0.3, 0.4) is 0 Å². The summed E-state index contributed by atoms with van der Waals surface area (Å²) in [6.07, 6.45) is 3.27. The molecule has 0 saturated heterocycles. The van der Waals surface area contributed by atoms with E-state index < -0.39 is 0 Å². The molecule has 2 aromatic carbocycles. The number of benzene rings is 2. The van der Waals surface area contributed by atoms with Crippen molar-refractivity contribution in [1.82, 2.24) is 25.4 Å². The molecule has 0 amide bonds. The van der Waals surface area contributed by atoms with E-state index in [4.69, 9.17) is 9.73 Å². The van der Waals surface area contributed by atoms with E-state index in [1.165, 1.54) is 11.1 Å². The highest BCUT2D eigenvalue weighted by molar-refractivity contribution is 14.0. The highest BCUT2D eigenvalue weighted by Crippen LogP contribution is 2.20. The lowest BCUT2D eigenvalue weighted by molar-refractivity contribution is 0.336. The molecule has 1 aromatic heterocycles. The Morgan fingerprint density at radius 1 is 1.10 bits per heavy atom. The maximum atomic E-state index is 5.78. The quantitative estimate of drug-likeness (QED) is 0.248. The Morgan fingerprint density at radius 2 is 1.94 bits per heavy atom. The minimum absolute atomic E-state index is 0. The molecular formula is C23H31IN6O. The first-order chi connectivity index (χ1) is 14.7. The zero-order chi connectivity index (χ0) is 21.2. The van der Waals surface area contributed by atoms with Crippen LogP contribution in [0.15, 0.2) is 60.1 Å². The normalized spacial score (nSPS) is 11.0. The molecule has 0 bridgehead atoms. The van der Waals surface area contributed by atoms with Crippen LogP contribution < -0.4 is 15.4 Å². The van der Waals surface area contributed by atoms with Crippen LogP contribution in [0.5, 0.6) is 5.75 Å². The summed E-state index contributed by atoms with van der Waals surface area (Å²) in [6.45, 7) is 9.52. The van der Waals surface area contributed by atoms with Crippen LogP contribution in [-0.2, 0) is 19.6 Å². The molecule has 0 atom stereocenters. The molecular weight excluding hydrogens is 503 g/mol. The van der Waals surface area contributed by atoms with E-state index >= 15 is 0 Å². The fourth-order valence-corrected chi connectivity index (χ4v) is 3.12. The van der Waals surface area contributed by atoms with Gasteiger partial charge < -0.3 is 15.4 Å². The Morgan fingerprint density at radius 3 is 2.68 bits per heavy atom. The van der Waals surface area contributed by atoms with E-state index in [-0.39, 0.29) is 24.0 Å². The third-order valence-electron chi connectivity index (χ3n) is 4.54. The molecule has 166 valence electrons. The lowest BCUT2D eigenvalue weighted by Crippen LogP contribution is -2.36. The van der Waals surface area contributed by atoms with Crippen molar-refractivity contribution in [3.8, 4) is 5.75 Å². The summed E-state index contributed by atoms with van der Waals surface area (Å²) in [6, 6.07) is 14.7. The van der Waals surface area contributed by atoms with Gasteiger partial charge in [0.15, 0.2) is 5.96 Å². The summed E-state index contributed by atoms with van der Waals surface area (Å²) in [5, 5.41) is 10.9. The Bertz CT molecular complexity index is 958. The Kier molecular flexibility index (Phi) is 10.3. The topological polar surface area (TPSA) is 76.4 Å². The van der Waals surface area contributed by atoms with Gasteiger partial charge in [0.1, 0.15) is 18.4 Å². The van der Waals surface area contributed by atoms with E-state index in [9.17, 15) is 0 Å². The minimum atomic E-state index is 0. The van der Waals surface area contributed by atoms with Crippen molar-refractivity contribution in [1.29, 1.82) is 0 Å². The smallest absolute Gasteiger partial charge is 0.191 e. The van der Waals surface area contributed by atoms with Crippen molar-refractivity contribution >= 4 is 29.9 Å². The van der Waals surface area contributed by atoms with Crippen molar-refractivity contribution in [3.63, 3.8) is 0 Å². The van der Waals surface area contributed by atoms with E-state index in [0.717, 1.165) is 29.4 Å². The second-order valence-electron chi connectivity index (χ2n) is 7.01. The second kappa shape index (κ2) is 12.9. The molecule has 3 rings (SSSR count). The summed E-state index contributed by atoms with van der Waals surface area (Å²) in [7, 11) is 0. The number of nitrogens with one attached hydrogen (secondary N) is 2. The molecule has 2 N–H and O–H groups in total. The molecule has 0 unspecified atom stereocenters. The largest absolute Gasteiger partial charge is 0.494 e. The predicted octanol–water partition coefficient (Wildman–Crippen LogP) is 3.91. The molecule has 0 radical (unpaired) electrons. The monoisotopic (exact) mass is 534 g/mol. The molecule has 31 heavy (non-hydrogen) atoms. The van der Waals surface area contributed by atoms with Gasteiger partial charge in [0.05, 0.1) is 19.7 Å². The SMILES string of the molecule is CCNC(=NCc1cccc(Cn2cncn2)c1)NCc1ccc(C)cc1OCC.I. The minimum Gasteiger partial charge on any atom is -0.494 e. The van der Waals surface area contributed by atoms with E-state index in [1.54, 1.807) is 12.7 Å². The predicted molar refractivity (Wildman–Crippen MR) is 135 cm³/mol. The Hall–Kier alpha value is -2.62. The lowest BCUT2D eigenvalue weighted by Gasteiger charge is -2.15. The third-order valence-corrected chi connectivity index (χ3v) is 4.54. The molecule has 1 heterocycles. The van der Waals surface area contributed by atoms with Crippen LogP contribution >= 0.6 is 24.0 Å². The van der Waals surface area contributed by atoms with Crippen LogP contribution in [0, 0.1) is 6.92 Å². The second-order valence-corrected chi connectivity index (χ2v) is 7.01. The van der Waals surface area contributed by atoms with Crippen LogP contribution in [0.4, 0.5) is 0 Å². The number of nitrogens with zero attached hydrogens (tertiary/aromatic N) is 4. The van der Waals surface area contributed by atoms with Crippen LogP contribution in [0.1, 0.15) is 36.1 Å². The first-order valence-corrected chi connectivity index (χ1v) is 10.3. The summed E-state index contributed by atoms with van der Waals surface area (Å²) in [5.41, 5.74) is 4.62. The first kappa shape index (κ1) is 24.6. The van der Waals surface area contributed by atoms with Crippen LogP contribution in [0.2, 0.25) is 0 Å². The van der Waals surface area contributed by atoms with Crippen molar-refractivity contribution in [2.45, 2.75) is 40.4 Å². The number of aromatic nitrogens is 3. The lowest BCUT2D eigenvalue weighted by atomic mass is 10.1. The number of hydrogen-bond donors (Lipinski definition) is 2. The van der Waals surface area contributed by atoms with Gasteiger partial charge in [-0.3, -0.25) is 0 Å². The molecule has 0 aliphatic rings. The van der Waals surface area contributed by atoms with E-state index in [0.29, 0.717) is 26.2 Å². The highest BCUT2D eigenvalue weighted by Gasteiger charge is 2.06. The van der Waals surface area contributed by atoms with E-state index in [2.05, 4.69) is 77.0 Å². The Balaban J connectivity index is 0.00000341. The van der Waals surface area contributed by atoms with Gasteiger partial charge in [-0.25, -0.2) is 14.7 Å².